The SMILES string of the molecule is O=C(Cc1ccc(N2CCCC2=O)cc1)OCc1csc(COc2ccc(F)cc2)n1. The Morgan fingerprint density at radius 3 is 2.58 bits per heavy atom. The molecular formula is C23H21FN2O4S. The Hall–Kier alpha value is -3.26. The van der Waals surface area contributed by atoms with Gasteiger partial charge in [0, 0.05) is 24.0 Å². The second-order valence-electron chi connectivity index (χ2n) is 7.13. The van der Waals surface area contributed by atoms with Crippen LogP contribution in [0.4, 0.5) is 10.1 Å². The number of thiazole rings is 1. The van der Waals surface area contributed by atoms with E-state index < -0.39 is 0 Å². The van der Waals surface area contributed by atoms with Gasteiger partial charge >= 0.3 is 5.97 Å². The first kappa shape index (κ1) is 21.0. The molecule has 0 radical (unpaired) electrons. The van der Waals surface area contributed by atoms with Crippen LogP contribution in [0.3, 0.4) is 0 Å². The summed E-state index contributed by atoms with van der Waals surface area (Å²) in [5.74, 6) is 0.0352. The minimum atomic E-state index is -0.345. The molecule has 1 amide bonds. The van der Waals surface area contributed by atoms with E-state index in [9.17, 15) is 14.0 Å². The third kappa shape index (κ3) is 5.67. The molecule has 2 aromatic carbocycles. The molecule has 1 aromatic heterocycles. The molecule has 3 aromatic rings. The molecule has 1 aliphatic heterocycles. The number of carbonyl (C=O) groups excluding carboxylic acids is 2. The third-order valence-electron chi connectivity index (χ3n) is 4.83. The molecule has 0 aliphatic carbocycles. The largest absolute Gasteiger partial charge is 0.486 e. The Morgan fingerprint density at radius 1 is 1.10 bits per heavy atom. The van der Waals surface area contributed by atoms with E-state index in [0.29, 0.717) is 17.9 Å². The minimum Gasteiger partial charge on any atom is -0.486 e. The molecular weight excluding hydrogens is 419 g/mol. The fourth-order valence-corrected chi connectivity index (χ4v) is 3.93. The van der Waals surface area contributed by atoms with Crippen molar-refractivity contribution in [1.82, 2.24) is 4.98 Å². The van der Waals surface area contributed by atoms with Gasteiger partial charge in [0.15, 0.2) is 0 Å². The van der Waals surface area contributed by atoms with Crippen molar-refractivity contribution >= 4 is 28.9 Å². The summed E-state index contributed by atoms with van der Waals surface area (Å²) in [6.45, 7) is 1.09. The van der Waals surface area contributed by atoms with Crippen LogP contribution in [-0.2, 0) is 34.0 Å². The lowest BCUT2D eigenvalue weighted by Crippen LogP contribution is -2.23. The molecule has 1 aliphatic rings. The second kappa shape index (κ2) is 9.70. The van der Waals surface area contributed by atoms with E-state index in [1.54, 1.807) is 17.0 Å². The smallest absolute Gasteiger partial charge is 0.310 e. The summed E-state index contributed by atoms with van der Waals surface area (Å²) < 4.78 is 23.8. The maximum atomic E-state index is 12.9. The first-order valence-corrected chi connectivity index (χ1v) is 10.8. The maximum Gasteiger partial charge on any atom is 0.310 e. The van der Waals surface area contributed by atoms with Gasteiger partial charge in [-0.25, -0.2) is 9.37 Å². The molecule has 2 heterocycles. The van der Waals surface area contributed by atoms with Crippen molar-refractivity contribution in [2.24, 2.45) is 0 Å². The molecule has 0 spiro atoms. The highest BCUT2D eigenvalue weighted by molar-refractivity contribution is 7.09. The lowest BCUT2D eigenvalue weighted by atomic mass is 10.1. The molecule has 0 unspecified atom stereocenters. The van der Waals surface area contributed by atoms with Gasteiger partial charge in [0.1, 0.15) is 29.8 Å². The summed E-state index contributed by atoms with van der Waals surface area (Å²) in [6.07, 6.45) is 1.62. The molecule has 0 saturated carbocycles. The molecule has 0 bridgehead atoms. The van der Waals surface area contributed by atoms with Crippen molar-refractivity contribution in [3.05, 3.63) is 76.0 Å². The van der Waals surface area contributed by atoms with Crippen LogP contribution >= 0.6 is 11.3 Å². The van der Waals surface area contributed by atoms with Crippen molar-refractivity contribution in [2.75, 3.05) is 11.4 Å². The highest BCUT2D eigenvalue weighted by Gasteiger charge is 2.21. The van der Waals surface area contributed by atoms with Crippen LogP contribution in [0.5, 0.6) is 5.75 Å². The van der Waals surface area contributed by atoms with E-state index in [1.165, 1.54) is 23.5 Å². The van der Waals surface area contributed by atoms with Gasteiger partial charge in [-0.2, -0.15) is 0 Å². The van der Waals surface area contributed by atoms with Gasteiger partial charge in [0.2, 0.25) is 5.91 Å². The van der Waals surface area contributed by atoms with E-state index in [2.05, 4.69) is 4.98 Å². The predicted octanol–water partition coefficient (Wildman–Crippen LogP) is 4.27. The molecule has 4 rings (SSSR count). The van der Waals surface area contributed by atoms with E-state index in [0.717, 1.165) is 29.2 Å². The summed E-state index contributed by atoms with van der Waals surface area (Å²) in [6, 6.07) is 13.2. The molecule has 8 heteroatoms. The summed E-state index contributed by atoms with van der Waals surface area (Å²) in [7, 11) is 0. The molecule has 0 atom stereocenters. The maximum absolute atomic E-state index is 12.9. The van der Waals surface area contributed by atoms with Crippen LogP contribution in [0.1, 0.15) is 29.1 Å². The number of esters is 1. The zero-order chi connectivity index (χ0) is 21.6. The molecule has 6 nitrogen and oxygen atoms in total. The lowest BCUT2D eigenvalue weighted by Gasteiger charge is -2.15. The zero-order valence-corrected chi connectivity index (χ0v) is 17.6. The van der Waals surface area contributed by atoms with Gasteiger partial charge < -0.3 is 14.4 Å². The molecule has 31 heavy (non-hydrogen) atoms. The highest BCUT2D eigenvalue weighted by Crippen LogP contribution is 2.22. The van der Waals surface area contributed by atoms with Crippen molar-refractivity contribution in [2.45, 2.75) is 32.5 Å². The Balaban J connectivity index is 1.22. The first-order chi connectivity index (χ1) is 15.1. The highest BCUT2D eigenvalue weighted by atomic mass is 32.1. The van der Waals surface area contributed by atoms with Crippen molar-refractivity contribution in [1.29, 1.82) is 0 Å². The molecule has 0 N–H and O–H groups in total. The van der Waals surface area contributed by atoms with Gasteiger partial charge in [0.05, 0.1) is 12.1 Å². The topological polar surface area (TPSA) is 68.7 Å². The minimum absolute atomic E-state index is 0.0895. The predicted molar refractivity (Wildman–Crippen MR) is 114 cm³/mol. The van der Waals surface area contributed by atoms with Gasteiger partial charge in [-0.1, -0.05) is 12.1 Å². The average molecular weight is 440 g/mol. The Labute approximate surface area is 183 Å². The number of ether oxygens (including phenoxy) is 2. The number of nitrogens with zero attached hydrogens (tertiary/aromatic N) is 2. The Kier molecular flexibility index (Phi) is 6.57. The number of amides is 1. The standard InChI is InChI=1S/C23H21FN2O4S/c24-17-5-9-20(10-6-17)29-14-21-25-18(15-31-21)13-30-23(28)12-16-3-7-19(8-4-16)26-11-1-2-22(26)27/h3-10,15H,1-2,11-14H2. The summed E-state index contributed by atoms with van der Waals surface area (Å²) in [4.78, 5) is 30.1. The van der Waals surface area contributed by atoms with Crippen molar-refractivity contribution in [3.8, 4) is 5.75 Å². The molecule has 160 valence electrons. The van der Waals surface area contributed by atoms with Gasteiger partial charge in [-0.3, -0.25) is 9.59 Å². The van der Waals surface area contributed by atoms with Crippen LogP contribution < -0.4 is 9.64 Å². The number of anilines is 1. The summed E-state index contributed by atoms with van der Waals surface area (Å²) in [5, 5.41) is 2.56. The Bertz CT molecular complexity index is 1050. The number of aromatic nitrogens is 1. The quantitative estimate of drug-likeness (QED) is 0.489. The van der Waals surface area contributed by atoms with Crippen LogP contribution in [-0.4, -0.2) is 23.4 Å². The van der Waals surface area contributed by atoms with Crippen molar-refractivity contribution in [3.63, 3.8) is 0 Å². The fourth-order valence-electron chi connectivity index (χ4n) is 3.24. The van der Waals surface area contributed by atoms with E-state index >= 15 is 0 Å². The van der Waals surface area contributed by atoms with Gasteiger partial charge in [0.25, 0.3) is 0 Å². The van der Waals surface area contributed by atoms with Gasteiger partial charge in [-0.05, 0) is 48.4 Å². The van der Waals surface area contributed by atoms with Crippen LogP contribution in [0.15, 0.2) is 53.9 Å². The molecule has 1 saturated heterocycles. The Morgan fingerprint density at radius 2 is 1.87 bits per heavy atom. The van der Waals surface area contributed by atoms with Crippen LogP contribution in [0.25, 0.3) is 0 Å². The van der Waals surface area contributed by atoms with Crippen LogP contribution in [0.2, 0.25) is 0 Å². The van der Waals surface area contributed by atoms with E-state index in [-0.39, 0.29) is 37.3 Å². The summed E-state index contributed by atoms with van der Waals surface area (Å²) >= 11 is 1.41. The average Bonchev–Trinajstić information content (AvgIpc) is 3.41. The monoisotopic (exact) mass is 440 g/mol. The molecule has 1 fully saturated rings. The van der Waals surface area contributed by atoms with E-state index in [1.807, 2.05) is 29.6 Å². The number of halogens is 1. The second-order valence-corrected chi connectivity index (χ2v) is 8.07. The number of hydrogen-bond donors (Lipinski definition) is 0. The number of carbonyl (C=O) groups is 2. The number of rotatable bonds is 8. The first-order valence-electron chi connectivity index (χ1n) is 9.93. The fraction of sp³-hybridized carbons (Fsp3) is 0.261. The number of hydrogen-bond acceptors (Lipinski definition) is 6. The lowest BCUT2D eigenvalue weighted by molar-refractivity contribution is -0.144. The van der Waals surface area contributed by atoms with E-state index in [4.69, 9.17) is 9.47 Å². The zero-order valence-electron chi connectivity index (χ0n) is 16.8. The summed E-state index contributed by atoms with van der Waals surface area (Å²) in [5.41, 5.74) is 2.34. The van der Waals surface area contributed by atoms with Crippen LogP contribution in [0, 0.1) is 5.82 Å². The van der Waals surface area contributed by atoms with Gasteiger partial charge in [-0.15, -0.1) is 11.3 Å². The third-order valence-corrected chi connectivity index (χ3v) is 5.70. The normalized spacial score (nSPS) is 13.5. The van der Waals surface area contributed by atoms with Crippen molar-refractivity contribution < 1.29 is 23.5 Å². The number of benzene rings is 2.